The summed E-state index contributed by atoms with van der Waals surface area (Å²) in [5, 5.41) is 3.48. The fourth-order valence-electron chi connectivity index (χ4n) is 2.22. The van der Waals surface area contributed by atoms with Crippen LogP contribution in [0.5, 0.6) is 0 Å². The standard InChI is InChI=1S/C11H15NS/c1-2-4-10-8(3-1)7-11(13-10)9-5-6-12-9/h7,9,12H,1-6H2. The summed E-state index contributed by atoms with van der Waals surface area (Å²) in [5.74, 6) is 0. The molecule has 1 aromatic heterocycles. The van der Waals surface area contributed by atoms with E-state index in [0.717, 1.165) is 0 Å². The van der Waals surface area contributed by atoms with Crippen molar-refractivity contribution in [2.75, 3.05) is 6.54 Å². The van der Waals surface area contributed by atoms with Crippen LogP contribution in [0, 0.1) is 0 Å². The van der Waals surface area contributed by atoms with Crippen LogP contribution in [0.3, 0.4) is 0 Å². The lowest BCUT2D eigenvalue weighted by atomic mass is 9.97. The van der Waals surface area contributed by atoms with Gasteiger partial charge in [0.15, 0.2) is 0 Å². The van der Waals surface area contributed by atoms with E-state index in [0.29, 0.717) is 6.04 Å². The van der Waals surface area contributed by atoms with Crippen molar-refractivity contribution in [3.05, 3.63) is 21.4 Å². The van der Waals surface area contributed by atoms with Crippen molar-refractivity contribution in [3.63, 3.8) is 0 Å². The first-order valence-corrected chi connectivity index (χ1v) is 6.10. The number of thiophene rings is 1. The summed E-state index contributed by atoms with van der Waals surface area (Å²) in [6.45, 7) is 1.22. The lowest BCUT2D eigenvalue weighted by Crippen LogP contribution is -2.34. The molecule has 0 aromatic carbocycles. The molecule has 1 saturated heterocycles. The number of hydrogen-bond donors (Lipinski definition) is 1. The first kappa shape index (κ1) is 8.01. The van der Waals surface area contributed by atoms with Gasteiger partial charge in [-0.25, -0.2) is 0 Å². The molecule has 1 aromatic rings. The van der Waals surface area contributed by atoms with E-state index in [2.05, 4.69) is 22.7 Å². The quantitative estimate of drug-likeness (QED) is 0.723. The second-order valence-corrected chi connectivity index (χ2v) is 5.27. The first-order chi connectivity index (χ1) is 6.43. The van der Waals surface area contributed by atoms with Gasteiger partial charge in [0, 0.05) is 15.8 Å². The van der Waals surface area contributed by atoms with Crippen LogP contribution in [0.15, 0.2) is 6.07 Å². The zero-order valence-corrected chi connectivity index (χ0v) is 8.62. The van der Waals surface area contributed by atoms with Crippen LogP contribution in [0.4, 0.5) is 0 Å². The van der Waals surface area contributed by atoms with E-state index in [-0.39, 0.29) is 0 Å². The Kier molecular flexibility index (Phi) is 1.91. The lowest BCUT2D eigenvalue weighted by molar-refractivity contribution is 0.389. The summed E-state index contributed by atoms with van der Waals surface area (Å²) in [5.41, 5.74) is 1.65. The summed E-state index contributed by atoms with van der Waals surface area (Å²) in [6, 6.07) is 3.16. The van der Waals surface area contributed by atoms with E-state index < -0.39 is 0 Å². The van der Waals surface area contributed by atoms with Crippen LogP contribution >= 0.6 is 11.3 Å². The molecule has 2 heteroatoms. The molecule has 1 atom stereocenters. The Morgan fingerprint density at radius 1 is 1.31 bits per heavy atom. The zero-order chi connectivity index (χ0) is 8.67. The molecule has 0 radical (unpaired) electrons. The topological polar surface area (TPSA) is 12.0 Å². The summed E-state index contributed by atoms with van der Waals surface area (Å²) >= 11 is 2.06. The molecule has 2 heterocycles. The molecule has 1 unspecified atom stereocenters. The molecule has 0 saturated carbocycles. The minimum absolute atomic E-state index is 0.704. The highest BCUT2D eigenvalue weighted by Crippen LogP contribution is 2.35. The number of rotatable bonds is 1. The van der Waals surface area contributed by atoms with Crippen LogP contribution in [0.25, 0.3) is 0 Å². The average Bonchev–Trinajstić information content (AvgIpc) is 2.43. The second kappa shape index (κ2) is 3.10. The van der Waals surface area contributed by atoms with Crippen molar-refractivity contribution in [2.45, 2.75) is 38.1 Å². The third-order valence-corrected chi connectivity index (χ3v) is 4.53. The van der Waals surface area contributed by atoms with Crippen molar-refractivity contribution in [1.29, 1.82) is 0 Å². The SMILES string of the molecule is c1c(C2CCN2)sc2c1CCCC2. The first-order valence-electron chi connectivity index (χ1n) is 5.28. The van der Waals surface area contributed by atoms with Crippen LogP contribution in [-0.2, 0) is 12.8 Å². The van der Waals surface area contributed by atoms with Crippen LogP contribution < -0.4 is 5.32 Å². The summed E-state index contributed by atoms with van der Waals surface area (Å²) in [4.78, 5) is 3.27. The molecule has 70 valence electrons. The minimum atomic E-state index is 0.704. The number of fused-ring (bicyclic) bond motifs is 1. The van der Waals surface area contributed by atoms with E-state index in [4.69, 9.17) is 0 Å². The Morgan fingerprint density at radius 3 is 2.85 bits per heavy atom. The maximum Gasteiger partial charge on any atom is 0.0427 e. The molecule has 0 amide bonds. The van der Waals surface area contributed by atoms with Gasteiger partial charge in [0.25, 0.3) is 0 Å². The van der Waals surface area contributed by atoms with Gasteiger partial charge in [-0.15, -0.1) is 11.3 Å². The van der Waals surface area contributed by atoms with Gasteiger partial charge >= 0.3 is 0 Å². The largest absolute Gasteiger partial charge is 0.309 e. The smallest absolute Gasteiger partial charge is 0.0427 e. The molecule has 1 fully saturated rings. The van der Waals surface area contributed by atoms with Gasteiger partial charge < -0.3 is 5.32 Å². The number of aryl methyl sites for hydroxylation is 2. The Labute approximate surface area is 83.2 Å². The van der Waals surface area contributed by atoms with Crippen molar-refractivity contribution in [3.8, 4) is 0 Å². The van der Waals surface area contributed by atoms with Crippen molar-refractivity contribution in [2.24, 2.45) is 0 Å². The average molecular weight is 193 g/mol. The maximum atomic E-state index is 3.48. The van der Waals surface area contributed by atoms with E-state index in [1.54, 1.807) is 15.3 Å². The monoisotopic (exact) mass is 193 g/mol. The number of hydrogen-bond acceptors (Lipinski definition) is 2. The molecule has 3 rings (SSSR count). The Balaban J connectivity index is 1.90. The predicted octanol–water partition coefficient (Wildman–Crippen LogP) is 2.66. The van der Waals surface area contributed by atoms with Crippen molar-refractivity contribution < 1.29 is 0 Å². The summed E-state index contributed by atoms with van der Waals surface area (Å²) in [7, 11) is 0. The molecular weight excluding hydrogens is 178 g/mol. The molecule has 1 aliphatic carbocycles. The highest BCUT2D eigenvalue weighted by Gasteiger charge is 2.22. The molecular formula is C11H15NS. The molecule has 2 aliphatic rings. The van der Waals surface area contributed by atoms with Crippen molar-refractivity contribution >= 4 is 11.3 Å². The molecule has 1 N–H and O–H groups in total. The van der Waals surface area contributed by atoms with E-state index in [1.165, 1.54) is 38.6 Å². The van der Waals surface area contributed by atoms with E-state index in [9.17, 15) is 0 Å². The fraction of sp³-hybridized carbons (Fsp3) is 0.636. The van der Waals surface area contributed by atoms with Gasteiger partial charge in [0.2, 0.25) is 0 Å². The molecule has 0 spiro atoms. The van der Waals surface area contributed by atoms with Gasteiger partial charge in [-0.05, 0) is 50.3 Å². The van der Waals surface area contributed by atoms with Gasteiger partial charge in [0.1, 0.15) is 0 Å². The van der Waals surface area contributed by atoms with Crippen LogP contribution in [0.2, 0.25) is 0 Å². The summed E-state index contributed by atoms with van der Waals surface area (Å²) < 4.78 is 0. The lowest BCUT2D eigenvalue weighted by Gasteiger charge is -2.26. The van der Waals surface area contributed by atoms with E-state index >= 15 is 0 Å². The van der Waals surface area contributed by atoms with Crippen LogP contribution in [-0.4, -0.2) is 6.54 Å². The number of nitrogens with one attached hydrogen (secondary N) is 1. The molecule has 1 aliphatic heterocycles. The molecule has 0 bridgehead atoms. The highest BCUT2D eigenvalue weighted by atomic mass is 32.1. The highest BCUT2D eigenvalue weighted by molar-refractivity contribution is 7.12. The van der Waals surface area contributed by atoms with Crippen LogP contribution in [0.1, 0.15) is 40.6 Å². The Bertz CT molecular complexity index is 288. The predicted molar refractivity (Wildman–Crippen MR) is 56.3 cm³/mol. The van der Waals surface area contributed by atoms with E-state index in [1.807, 2.05) is 0 Å². The fourth-order valence-corrected chi connectivity index (χ4v) is 3.58. The molecule has 13 heavy (non-hydrogen) atoms. The third kappa shape index (κ3) is 1.32. The van der Waals surface area contributed by atoms with Crippen molar-refractivity contribution in [1.82, 2.24) is 5.32 Å². The van der Waals surface area contributed by atoms with Gasteiger partial charge in [-0.1, -0.05) is 0 Å². The van der Waals surface area contributed by atoms with Gasteiger partial charge in [-0.3, -0.25) is 0 Å². The van der Waals surface area contributed by atoms with Gasteiger partial charge in [0.05, 0.1) is 0 Å². The Morgan fingerprint density at radius 2 is 2.15 bits per heavy atom. The maximum absolute atomic E-state index is 3.48. The normalized spacial score (nSPS) is 26.6. The minimum Gasteiger partial charge on any atom is -0.309 e. The zero-order valence-electron chi connectivity index (χ0n) is 7.81. The van der Waals surface area contributed by atoms with Gasteiger partial charge in [-0.2, -0.15) is 0 Å². The summed E-state index contributed by atoms with van der Waals surface area (Å²) in [6.07, 6.45) is 6.83. The third-order valence-electron chi connectivity index (χ3n) is 3.18. The Hall–Kier alpha value is -0.340. The second-order valence-electron chi connectivity index (χ2n) is 4.10. The molecule has 1 nitrogen and oxygen atoms in total.